The van der Waals surface area contributed by atoms with Gasteiger partial charge >= 0.3 is 0 Å². The molecule has 1 atom stereocenters. The minimum atomic E-state index is 0.0511. The first kappa shape index (κ1) is 13.3. The average molecular weight is 250 g/mol. The number of hydrogen-bond acceptors (Lipinski definition) is 4. The van der Waals surface area contributed by atoms with Gasteiger partial charge in [-0.2, -0.15) is 0 Å². The van der Waals surface area contributed by atoms with Crippen LogP contribution in [0.15, 0.2) is 18.3 Å². The SMILES string of the molecule is CCCOC1CCCN(c2ccc(CO)cn2)C1. The number of ether oxygens (including phenoxy) is 1. The first-order chi connectivity index (χ1) is 8.83. The van der Waals surface area contributed by atoms with Gasteiger partial charge in [0.05, 0.1) is 12.7 Å². The smallest absolute Gasteiger partial charge is 0.128 e. The molecule has 0 spiro atoms. The van der Waals surface area contributed by atoms with Crippen molar-refractivity contribution in [1.29, 1.82) is 0 Å². The molecule has 1 aliphatic heterocycles. The van der Waals surface area contributed by atoms with E-state index in [2.05, 4.69) is 16.8 Å². The topological polar surface area (TPSA) is 45.6 Å². The van der Waals surface area contributed by atoms with Gasteiger partial charge in [-0.3, -0.25) is 0 Å². The predicted octanol–water partition coefficient (Wildman–Crippen LogP) is 1.97. The standard InChI is InChI=1S/C14H22N2O2/c1-2-8-18-13-4-3-7-16(10-13)14-6-5-12(11-17)9-15-14/h5-6,9,13,17H,2-4,7-8,10-11H2,1H3. The molecule has 4 nitrogen and oxygen atoms in total. The van der Waals surface area contributed by atoms with Crippen molar-refractivity contribution in [3.05, 3.63) is 23.9 Å². The molecule has 0 radical (unpaired) electrons. The third-order valence-electron chi connectivity index (χ3n) is 3.25. The zero-order valence-corrected chi connectivity index (χ0v) is 11.0. The summed E-state index contributed by atoms with van der Waals surface area (Å²) in [4.78, 5) is 6.67. The highest BCUT2D eigenvalue weighted by Crippen LogP contribution is 2.19. The van der Waals surface area contributed by atoms with Crippen LogP contribution in [0.25, 0.3) is 0 Å². The fraction of sp³-hybridized carbons (Fsp3) is 0.643. The third-order valence-corrected chi connectivity index (χ3v) is 3.25. The molecule has 0 saturated carbocycles. The summed E-state index contributed by atoms with van der Waals surface area (Å²) in [5.41, 5.74) is 0.856. The van der Waals surface area contributed by atoms with Crippen LogP contribution in [-0.4, -0.2) is 35.9 Å². The van der Waals surface area contributed by atoms with E-state index in [-0.39, 0.29) is 6.61 Å². The molecule has 18 heavy (non-hydrogen) atoms. The van der Waals surface area contributed by atoms with E-state index in [1.54, 1.807) is 6.20 Å². The molecule has 1 saturated heterocycles. The van der Waals surface area contributed by atoms with Gasteiger partial charge < -0.3 is 14.7 Å². The normalized spacial score (nSPS) is 20.1. The minimum Gasteiger partial charge on any atom is -0.392 e. The summed E-state index contributed by atoms with van der Waals surface area (Å²) in [7, 11) is 0. The van der Waals surface area contributed by atoms with Gasteiger partial charge in [-0.25, -0.2) is 4.98 Å². The van der Waals surface area contributed by atoms with Crippen LogP contribution in [0.3, 0.4) is 0 Å². The van der Waals surface area contributed by atoms with Crippen molar-refractivity contribution in [2.45, 2.75) is 38.9 Å². The lowest BCUT2D eigenvalue weighted by Gasteiger charge is -2.33. The summed E-state index contributed by atoms with van der Waals surface area (Å²) in [5.74, 6) is 0.983. The number of anilines is 1. The Hall–Kier alpha value is -1.13. The fourth-order valence-corrected chi connectivity index (χ4v) is 2.26. The van der Waals surface area contributed by atoms with Gasteiger partial charge in [0.15, 0.2) is 0 Å². The monoisotopic (exact) mass is 250 g/mol. The van der Waals surface area contributed by atoms with Crippen LogP contribution in [0.1, 0.15) is 31.7 Å². The quantitative estimate of drug-likeness (QED) is 0.868. The average Bonchev–Trinajstić information content (AvgIpc) is 2.45. The summed E-state index contributed by atoms with van der Waals surface area (Å²) in [5, 5.41) is 9.00. The molecule has 1 aliphatic rings. The second-order valence-corrected chi connectivity index (χ2v) is 4.76. The maximum absolute atomic E-state index is 9.00. The summed E-state index contributed by atoms with van der Waals surface area (Å²) < 4.78 is 5.82. The molecule has 1 fully saturated rings. The van der Waals surface area contributed by atoms with E-state index >= 15 is 0 Å². The first-order valence-corrected chi connectivity index (χ1v) is 6.75. The third kappa shape index (κ3) is 3.43. The molecule has 1 aromatic rings. The summed E-state index contributed by atoms with van der Waals surface area (Å²) in [6.45, 7) is 4.99. The largest absolute Gasteiger partial charge is 0.392 e. The maximum Gasteiger partial charge on any atom is 0.128 e. The molecule has 2 rings (SSSR count). The Balaban J connectivity index is 1.94. The highest BCUT2D eigenvalue weighted by molar-refractivity contribution is 5.39. The van der Waals surface area contributed by atoms with E-state index in [4.69, 9.17) is 9.84 Å². The van der Waals surface area contributed by atoms with Crippen molar-refractivity contribution in [3.8, 4) is 0 Å². The fourth-order valence-electron chi connectivity index (χ4n) is 2.26. The zero-order valence-electron chi connectivity index (χ0n) is 11.0. The predicted molar refractivity (Wildman–Crippen MR) is 71.6 cm³/mol. The van der Waals surface area contributed by atoms with Crippen LogP contribution in [0.4, 0.5) is 5.82 Å². The van der Waals surface area contributed by atoms with E-state index in [1.807, 2.05) is 12.1 Å². The lowest BCUT2D eigenvalue weighted by atomic mass is 10.1. The Labute approximate surface area is 109 Å². The molecule has 0 amide bonds. The Morgan fingerprint density at radius 2 is 2.39 bits per heavy atom. The molecule has 2 heterocycles. The van der Waals surface area contributed by atoms with Crippen LogP contribution in [0.2, 0.25) is 0 Å². The van der Waals surface area contributed by atoms with E-state index in [1.165, 1.54) is 0 Å². The Bertz CT molecular complexity index is 353. The number of hydrogen-bond donors (Lipinski definition) is 1. The van der Waals surface area contributed by atoms with Gasteiger partial charge in [-0.1, -0.05) is 13.0 Å². The van der Waals surface area contributed by atoms with Crippen LogP contribution >= 0.6 is 0 Å². The van der Waals surface area contributed by atoms with Gasteiger partial charge in [0.25, 0.3) is 0 Å². The molecular formula is C14H22N2O2. The summed E-state index contributed by atoms with van der Waals surface area (Å²) in [6, 6.07) is 3.91. The summed E-state index contributed by atoms with van der Waals surface area (Å²) >= 11 is 0. The number of piperidine rings is 1. The highest BCUT2D eigenvalue weighted by atomic mass is 16.5. The molecule has 1 N–H and O–H groups in total. The van der Waals surface area contributed by atoms with E-state index in [0.717, 1.165) is 50.3 Å². The van der Waals surface area contributed by atoms with Crippen molar-refractivity contribution in [1.82, 2.24) is 4.98 Å². The van der Waals surface area contributed by atoms with Gasteiger partial charge in [-0.15, -0.1) is 0 Å². The number of nitrogens with zero attached hydrogens (tertiary/aromatic N) is 2. The van der Waals surface area contributed by atoms with Crippen molar-refractivity contribution >= 4 is 5.82 Å². The van der Waals surface area contributed by atoms with Crippen LogP contribution < -0.4 is 4.90 Å². The molecule has 4 heteroatoms. The van der Waals surface area contributed by atoms with Gasteiger partial charge in [0.1, 0.15) is 5.82 Å². The maximum atomic E-state index is 9.00. The van der Waals surface area contributed by atoms with Crippen LogP contribution in [0, 0.1) is 0 Å². The van der Waals surface area contributed by atoms with Crippen molar-refractivity contribution in [2.75, 3.05) is 24.6 Å². The molecule has 0 aliphatic carbocycles. The second kappa shape index (κ2) is 6.71. The number of aromatic nitrogens is 1. The molecule has 0 bridgehead atoms. The number of aliphatic hydroxyl groups is 1. The zero-order chi connectivity index (χ0) is 12.8. The second-order valence-electron chi connectivity index (χ2n) is 4.76. The molecular weight excluding hydrogens is 228 g/mol. The molecule has 0 aromatic carbocycles. The molecule has 1 aromatic heterocycles. The number of pyridine rings is 1. The van der Waals surface area contributed by atoms with E-state index in [0.29, 0.717) is 6.10 Å². The molecule has 100 valence electrons. The lowest BCUT2D eigenvalue weighted by molar-refractivity contribution is 0.0439. The van der Waals surface area contributed by atoms with Crippen molar-refractivity contribution in [3.63, 3.8) is 0 Å². The van der Waals surface area contributed by atoms with E-state index in [9.17, 15) is 0 Å². The van der Waals surface area contributed by atoms with E-state index < -0.39 is 0 Å². The lowest BCUT2D eigenvalue weighted by Crippen LogP contribution is -2.40. The summed E-state index contributed by atoms with van der Waals surface area (Å²) in [6.07, 6.45) is 5.44. The van der Waals surface area contributed by atoms with Gasteiger partial charge in [0, 0.05) is 25.9 Å². The van der Waals surface area contributed by atoms with Gasteiger partial charge in [-0.05, 0) is 30.9 Å². The van der Waals surface area contributed by atoms with Crippen LogP contribution in [-0.2, 0) is 11.3 Å². The number of rotatable bonds is 5. The minimum absolute atomic E-state index is 0.0511. The van der Waals surface area contributed by atoms with Crippen molar-refractivity contribution in [2.24, 2.45) is 0 Å². The number of aliphatic hydroxyl groups excluding tert-OH is 1. The molecule has 1 unspecified atom stereocenters. The Kier molecular flexibility index (Phi) is 4.96. The first-order valence-electron chi connectivity index (χ1n) is 6.75. The van der Waals surface area contributed by atoms with Crippen LogP contribution in [0.5, 0.6) is 0 Å². The van der Waals surface area contributed by atoms with Crippen molar-refractivity contribution < 1.29 is 9.84 Å². The Morgan fingerprint density at radius 1 is 1.50 bits per heavy atom. The Morgan fingerprint density at radius 3 is 3.06 bits per heavy atom. The van der Waals surface area contributed by atoms with Gasteiger partial charge in [0.2, 0.25) is 0 Å². The highest BCUT2D eigenvalue weighted by Gasteiger charge is 2.20.